The van der Waals surface area contributed by atoms with Gasteiger partial charge in [0.25, 0.3) is 15.9 Å². The first-order valence-corrected chi connectivity index (χ1v) is 11.3. The van der Waals surface area contributed by atoms with E-state index in [1.807, 2.05) is 31.2 Å². The number of carbonyl (C=O) groups excluding carboxylic acids is 1. The third-order valence-electron chi connectivity index (χ3n) is 4.77. The van der Waals surface area contributed by atoms with Crippen molar-refractivity contribution in [2.24, 2.45) is 0 Å². The Morgan fingerprint density at radius 3 is 2.27 bits per heavy atom. The van der Waals surface area contributed by atoms with Gasteiger partial charge in [0.15, 0.2) is 0 Å². The molecule has 0 spiro atoms. The van der Waals surface area contributed by atoms with Crippen LogP contribution in [-0.4, -0.2) is 20.9 Å². The van der Waals surface area contributed by atoms with Gasteiger partial charge in [0.05, 0.1) is 10.6 Å². The van der Waals surface area contributed by atoms with E-state index in [9.17, 15) is 13.2 Å². The molecule has 3 rings (SSSR count). The highest BCUT2D eigenvalue weighted by molar-refractivity contribution is 7.92. The lowest BCUT2D eigenvalue weighted by Crippen LogP contribution is -2.26. The number of anilines is 1. The fraction of sp³-hybridized carbons (Fsp3) is 0.174. The number of sulfonamides is 1. The quantitative estimate of drug-likeness (QED) is 0.555. The van der Waals surface area contributed by atoms with E-state index in [4.69, 9.17) is 11.6 Å². The van der Waals surface area contributed by atoms with Crippen LogP contribution in [-0.2, 0) is 16.4 Å². The van der Waals surface area contributed by atoms with E-state index in [2.05, 4.69) is 10.0 Å². The fourth-order valence-corrected chi connectivity index (χ4v) is 4.23. The molecule has 3 aromatic carbocycles. The lowest BCUT2D eigenvalue weighted by atomic mass is 10.1. The third-order valence-corrected chi connectivity index (χ3v) is 6.40. The largest absolute Gasteiger partial charge is 0.352 e. The van der Waals surface area contributed by atoms with Gasteiger partial charge in [-0.3, -0.25) is 9.52 Å². The minimum absolute atomic E-state index is 0.172. The van der Waals surface area contributed by atoms with Crippen LogP contribution in [0.15, 0.2) is 71.6 Å². The summed E-state index contributed by atoms with van der Waals surface area (Å²) in [5.41, 5.74) is 3.41. The third kappa shape index (κ3) is 5.40. The summed E-state index contributed by atoms with van der Waals surface area (Å²) in [6.45, 7) is 4.07. The summed E-state index contributed by atoms with van der Waals surface area (Å²) in [5.74, 6) is -0.252. The normalized spacial score (nSPS) is 11.2. The van der Waals surface area contributed by atoms with Crippen LogP contribution in [0.25, 0.3) is 0 Å². The van der Waals surface area contributed by atoms with Gasteiger partial charge in [-0.2, -0.15) is 0 Å². The highest BCUT2D eigenvalue weighted by Gasteiger charge is 2.18. The van der Waals surface area contributed by atoms with Gasteiger partial charge < -0.3 is 5.32 Å². The van der Waals surface area contributed by atoms with Crippen LogP contribution in [0.3, 0.4) is 0 Å². The molecule has 0 aromatic heterocycles. The molecule has 0 saturated heterocycles. The molecular formula is C23H23ClN2O3S. The highest BCUT2D eigenvalue weighted by atomic mass is 35.5. The van der Waals surface area contributed by atoms with Crippen LogP contribution in [0.1, 0.15) is 27.0 Å². The Labute approximate surface area is 182 Å². The summed E-state index contributed by atoms with van der Waals surface area (Å²) in [7, 11) is -3.74. The van der Waals surface area contributed by atoms with Gasteiger partial charge >= 0.3 is 0 Å². The highest BCUT2D eigenvalue weighted by Crippen LogP contribution is 2.23. The van der Waals surface area contributed by atoms with Gasteiger partial charge in [0.2, 0.25) is 0 Å². The molecule has 5 nitrogen and oxygen atoms in total. The van der Waals surface area contributed by atoms with Gasteiger partial charge in [-0.1, -0.05) is 47.5 Å². The number of halogens is 1. The first-order chi connectivity index (χ1) is 14.3. The van der Waals surface area contributed by atoms with E-state index in [0.717, 1.165) is 11.1 Å². The Morgan fingerprint density at radius 2 is 1.60 bits per heavy atom. The van der Waals surface area contributed by atoms with Crippen LogP contribution < -0.4 is 10.0 Å². The summed E-state index contributed by atoms with van der Waals surface area (Å²) < 4.78 is 27.9. The van der Waals surface area contributed by atoms with Crippen molar-refractivity contribution >= 4 is 33.2 Å². The van der Waals surface area contributed by atoms with Gasteiger partial charge in [-0.05, 0) is 67.8 Å². The molecule has 0 atom stereocenters. The van der Waals surface area contributed by atoms with Crippen molar-refractivity contribution in [2.45, 2.75) is 25.2 Å². The van der Waals surface area contributed by atoms with E-state index < -0.39 is 10.0 Å². The molecule has 0 bridgehead atoms. The maximum Gasteiger partial charge on any atom is 0.261 e. The zero-order valence-electron chi connectivity index (χ0n) is 16.8. The minimum atomic E-state index is -3.74. The van der Waals surface area contributed by atoms with E-state index in [-0.39, 0.29) is 10.8 Å². The number of benzene rings is 3. The molecule has 0 saturated carbocycles. The first kappa shape index (κ1) is 21.9. The van der Waals surface area contributed by atoms with Gasteiger partial charge in [-0.25, -0.2) is 8.42 Å². The van der Waals surface area contributed by atoms with Crippen molar-refractivity contribution in [1.29, 1.82) is 0 Å². The molecule has 0 unspecified atom stereocenters. The molecule has 0 aliphatic carbocycles. The smallest absolute Gasteiger partial charge is 0.261 e. The Kier molecular flexibility index (Phi) is 6.80. The lowest BCUT2D eigenvalue weighted by Gasteiger charge is -2.14. The average molecular weight is 443 g/mol. The minimum Gasteiger partial charge on any atom is -0.352 e. The summed E-state index contributed by atoms with van der Waals surface area (Å²) in [5, 5.41) is 3.55. The standard InChI is InChI=1S/C23H23ClN2O3S/c1-16-6-12-20(13-7-16)30(28,29)26-22-5-3-4-21(17(22)2)23(27)25-15-14-18-8-10-19(24)11-9-18/h3-13,26H,14-15H2,1-2H3,(H,25,27). The molecule has 0 aliphatic rings. The molecule has 0 heterocycles. The predicted octanol–water partition coefficient (Wildman–Crippen LogP) is 4.73. The van der Waals surface area contributed by atoms with Crippen molar-refractivity contribution in [3.05, 3.63) is 94.0 Å². The van der Waals surface area contributed by atoms with Crippen LogP contribution in [0, 0.1) is 13.8 Å². The zero-order chi connectivity index (χ0) is 21.7. The maximum atomic E-state index is 12.7. The number of nitrogens with one attached hydrogen (secondary N) is 2. The lowest BCUT2D eigenvalue weighted by molar-refractivity contribution is 0.0953. The number of hydrogen-bond donors (Lipinski definition) is 2. The Hall–Kier alpha value is -2.83. The molecule has 0 fully saturated rings. The first-order valence-electron chi connectivity index (χ1n) is 9.48. The summed E-state index contributed by atoms with van der Waals surface area (Å²) >= 11 is 5.88. The molecule has 0 radical (unpaired) electrons. The Balaban J connectivity index is 1.70. The molecule has 2 N–H and O–H groups in total. The number of amides is 1. The van der Waals surface area contributed by atoms with Crippen molar-refractivity contribution < 1.29 is 13.2 Å². The summed E-state index contributed by atoms with van der Waals surface area (Å²) in [4.78, 5) is 12.8. The van der Waals surface area contributed by atoms with E-state index in [1.165, 1.54) is 0 Å². The van der Waals surface area contributed by atoms with Gasteiger partial charge in [0.1, 0.15) is 0 Å². The van der Waals surface area contributed by atoms with Gasteiger partial charge in [-0.15, -0.1) is 0 Å². The maximum absolute atomic E-state index is 12.7. The Bertz CT molecular complexity index is 1140. The second kappa shape index (κ2) is 9.32. The fourth-order valence-electron chi connectivity index (χ4n) is 2.98. The van der Waals surface area contributed by atoms with Crippen LogP contribution in [0.5, 0.6) is 0 Å². The summed E-state index contributed by atoms with van der Waals surface area (Å²) in [6.07, 6.45) is 0.668. The van der Waals surface area contributed by atoms with E-state index in [0.29, 0.717) is 34.8 Å². The molecule has 1 amide bonds. The van der Waals surface area contributed by atoms with Gasteiger partial charge in [0, 0.05) is 17.1 Å². The molecule has 7 heteroatoms. The summed E-state index contributed by atoms with van der Waals surface area (Å²) in [6, 6.07) is 19.0. The van der Waals surface area contributed by atoms with E-state index >= 15 is 0 Å². The topological polar surface area (TPSA) is 75.3 Å². The molecule has 0 aliphatic heterocycles. The Morgan fingerprint density at radius 1 is 0.933 bits per heavy atom. The van der Waals surface area contributed by atoms with Crippen molar-refractivity contribution in [1.82, 2.24) is 5.32 Å². The molecular weight excluding hydrogens is 420 g/mol. The number of carbonyl (C=O) groups is 1. The predicted molar refractivity (Wildman–Crippen MR) is 121 cm³/mol. The van der Waals surface area contributed by atoms with Crippen molar-refractivity contribution in [2.75, 3.05) is 11.3 Å². The number of aryl methyl sites for hydroxylation is 1. The monoisotopic (exact) mass is 442 g/mol. The number of rotatable bonds is 7. The van der Waals surface area contributed by atoms with Crippen LogP contribution >= 0.6 is 11.6 Å². The van der Waals surface area contributed by atoms with E-state index in [1.54, 1.807) is 49.4 Å². The van der Waals surface area contributed by atoms with Crippen molar-refractivity contribution in [3.63, 3.8) is 0 Å². The second-order valence-corrected chi connectivity index (χ2v) is 9.15. The van der Waals surface area contributed by atoms with Crippen LogP contribution in [0.2, 0.25) is 5.02 Å². The molecule has 30 heavy (non-hydrogen) atoms. The zero-order valence-corrected chi connectivity index (χ0v) is 18.3. The average Bonchev–Trinajstić information content (AvgIpc) is 2.71. The number of hydrogen-bond acceptors (Lipinski definition) is 3. The second-order valence-electron chi connectivity index (χ2n) is 7.03. The van der Waals surface area contributed by atoms with Crippen molar-refractivity contribution in [3.8, 4) is 0 Å². The molecule has 156 valence electrons. The SMILES string of the molecule is Cc1ccc(S(=O)(=O)Nc2cccc(C(=O)NCCc3ccc(Cl)cc3)c2C)cc1. The molecule has 3 aromatic rings. The van der Waals surface area contributed by atoms with Crippen LogP contribution in [0.4, 0.5) is 5.69 Å².